The Hall–Kier alpha value is -0.620. The average molecular weight is 273 g/mol. The second-order valence-electron chi connectivity index (χ2n) is 3.85. The van der Waals surface area contributed by atoms with Gasteiger partial charge in [-0.25, -0.2) is 4.39 Å². The van der Waals surface area contributed by atoms with Gasteiger partial charge in [-0.3, -0.25) is 0 Å². The van der Waals surface area contributed by atoms with Crippen LogP contribution in [0.5, 0.6) is 0 Å². The number of hydrogen-bond donors (Lipinski definition) is 2. The zero-order chi connectivity index (χ0) is 13.2. The first-order valence-corrected chi connectivity index (χ1v) is 6.98. The summed E-state index contributed by atoms with van der Waals surface area (Å²) in [6.45, 7) is 2.20. The lowest BCUT2D eigenvalue weighted by molar-refractivity contribution is 0.199. The molecule has 0 saturated heterocycles. The van der Waals surface area contributed by atoms with Gasteiger partial charge in [-0.05, 0) is 30.2 Å². The van der Waals surface area contributed by atoms with E-state index in [9.17, 15) is 4.39 Å². The molecule has 0 radical (unpaired) electrons. The summed E-state index contributed by atoms with van der Waals surface area (Å²) >= 11 is 1.65. The first-order chi connectivity index (χ1) is 8.77. The minimum Gasteiger partial charge on any atom is -0.396 e. The molecular weight excluding hydrogens is 253 g/mol. The van der Waals surface area contributed by atoms with Crippen LogP contribution in [-0.2, 0) is 11.3 Å². The second kappa shape index (κ2) is 9.33. The number of benzene rings is 1. The Kier molecular flexibility index (Phi) is 8.00. The maximum atomic E-state index is 13.2. The summed E-state index contributed by atoms with van der Waals surface area (Å²) in [7, 11) is 1.65. The van der Waals surface area contributed by atoms with Crippen molar-refractivity contribution in [1.29, 1.82) is 0 Å². The van der Waals surface area contributed by atoms with Crippen LogP contribution in [-0.4, -0.2) is 37.7 Å². The normalized spacial score (nSPS) is 10.8. The minimum absolute atomic E-state index is 0.190. The SMILES string of the molecule is COCCNCc1cc(F)ccc1SCCCO. The van der Waals surface area contributed by atoms with E-state index < -0.39 is 0 Å². The summed E-state index contributed by atoms with van der Waals surface area (Å²) in [6.07, 6.45) is 0.749. The van der Waals surface area contributed by atoms with Gasteiger partial charge < -0.3 is 15.2 Å². The molecule has 0 saturated carbocycles. The number of rotatable bonds is 9. The van der Waals surface area contributed by atoms with Crippen molar-refractivity contribution in [3.05, 3.63) is 29.6 Å². The molecule has 5 heteroatoms. The number of halogens is 1. The molecule has 0 aromatic heterocycles. The highest BCUT2D eigenvalue weighted by Crippen LogP contribution is 2.24. The Labute approximate surface area is 112 Å². The minimum atomic E-state index is -0.218. The summed E-state index contributed by atoms with van der Waals surface area (Å²) in [5.74, 6) is 0.623. The van der Waals surface area contributed by atoms with Crippen LogP contribution in [0.25, 0.3) is 0 Å². The fourth-order valence-corrected chi connectivity index (χ4v) is 2.45. The number of thioether (sulfide) groups is 1. The predicted octanol–water partition coefficient (Wildman–Crippen LogP) is 2.04. The van der Waals surface area contributed by atoms with E-state index in [-0.39, 0.29) is 12.4 Å². The van der Waals surface area contributed by atoms with Crippen molar-refractivity contribution in [2.75, 3.05) is 32.6 Å². The second-order valence-corrected chi connectivity index (χ2v) is 4.98. The van der Waals surface area contributed by atoms with Gasteiger partial charge in [-0.2, -0.15) is 0 Å². The smallest absolute Gasteiger partial charge is 0.123 e. The average Bonchev–Trinajstić information content (AvgIpc) is 2.37. The van der Waals surface area contributed by atoms with Gasteiger partial charge in [0.15, 0.2) is 0 Å². The van der Waals surface area contributed by atoms with E-state index in [0.717, 1.165) is 29.2 Å². The van der Waals surface area contributed by atoms with Crippen molar-refractivity contribution >= 4 is 11.8 Å². The van der Waals surface area contributed by atoms with Crippen LogP contribution in [0, 0.1) is 5.82 Å². The predicted molar refractivity (Wildman–Crippen MR) is 72.4 cm³/mol. The quantitative estimate of drug-likeness (QED) is 0.534. The molecule has 102 valence electrons. The number of methoxy groups -OCH3 is 1. The van der Waals surface area contributed by atoms with Crippen LogP contribution < -0.4 is 5.32 Å². The number of aliphatic hydroxyl groups excluding tert-OH is 1. The van der Waals surface area contributed by atoms with E-state index in [4.69, 9.17) is 9.84 Å². The van der Waals surface area contributed by atoms with Crippen LogP contribution in [0.3, 0.4) is 0 Å². The van der Waals surface area contributed by atoms with Gasteiger partial charge in [-0.15, -0.1) is 11.8 Å². The van der Waals surface area contributed by atoms with Crippen LogP contribution in [0.15, 0.2) is 23.1 Å². The zero-order valence-electron chi connectivity index (χ0n) is 10.6. The monoisotopic (exact) mass is 273 g/mol. The van der Waals surface area contributed by atoms with Crippen molar-refractivity contribution in [3.63, 3.8) is 0 Å². The Bertz CT molecular complexity index is 350. The molecule has 0 aliphatic rings. The van der Waals surface area contributed by atoms with Crippen LogP contribution in [0.4, 0.5) is 4.39 Å². The standard InChI is InChI=1S/C13H20FNO2S/c1-17-7-5-15-10-11-9-12(14)3-4-13(11)18-8-2-6-16/h3-4,9,15-16H,2,5-8,10H2,1H3. The molecule has 2 N–H and O–H groups in total. The first-order valence-electron chi connectivity index (χ1n) is 5.99. The van der Waals surface area contributed by atoms with Crippen LogP contribution >= 0.6 is 11.8 Å². The highest BCUT2D eigenvalue weighted by molar-refractivity contribution is 7.99. The lowest BCUT2D eigenvalue weighted by Crippen LogP contribution is -2.19. The summed E-state index contributed by atoms with van der Waals surface area (Å²) in [5, 5.41) is 12.0. The molecule has 0 unspecified atom stereocenters. The first kappa shape index (κ1) is 15.4. The van der Waals surface area contributed by atoms with Gasteiger partial charge >= 0.3 is 0 Å². The molecule has 1 aromatic rings. The van der Waals surface area contributed by atoms with Crippen molar-refractivity contribution in [2.24, 2.45) is 0 Å². The molecular formula is C13H20FNO2S. The van der Waals surface area contributed by atoms with Crippen molar-refractivity contribution in [3.8, 4) is 0 Å². The van der Waals surface area contributed by atoms with Gasteiger partial charge in [-0.1, -0.05) is 0 Å². The maximum Gasteiger partial charge on any atom is 0.123 e. The molecule has 0 aliphatic heterocycles. The van der Waals surface area contributed by atoms with Crippen molar-refractivity contribution < 1.29 is 14.2 Å². The highest BCUT2D eigenvalue weighted by atomic mass is 32.2. The van der Waals surface area contributed by atoms with E-state index in [1.165, 1.54) is 6.07 Å². The summed E-state index contributed by atoms with van der Waals surface area (Å²) < 4.78 is 18.2. The summed E-state index contributed by atoms with van der Waals surface area (Å²) in [5.41, 5.74) is 0.953. The third-order valence-electron chi connectivity index (χ3n) is 2.38. The fourth-order valence-electron chi connectivity index (χ4n) is 1.47. The lowest BCUT2D eigenvalue weighted by atomic mass is 10.2. The largest absolute Gasteiger partial charge is 0.396 e. The van der Waals surface area contributed by atoms with Gasteiger partial charge in [0.1, 0.15) is 5.82 Å². The number of nitrogens with one attached hydrogen (secondary N) is 1. The lowest BCUT2D eigenvalue weighted by Gasteiger charge is -2.10. The molecule has 3 nitrogen and oxygen atoms in total. The van der Waals surface area contributed by atoms with Gasteiger partial charge in [0.25, 0.3) is 0 Å². The fraction of sp³-hybridized carbons (Fsp3) is 0.538. The highest BCUT2D eigenvalue weighted by Gasteiger charge is 2.04. The molecule has 0 bridgehead atoms. The molecule has 0 fully saturated rings. The van der Waals surface area contributed by atoms with E-state index >= 15 is 0 Å². The van der Waals surface area contributed by atoms with Crippen LogP contribution in [0.2, 0.25) is 0 Å². The van der Waals surface area contributed by atoms with Crippen molar-refractivity contribution in [1.82, 2.24) is 5.32 Å². The Morgan fingerprint density at radius 3 is 3.00 bits per heavy atom. The maximum absolute atomic E-state index is 13.2. The van der Waals surface area contributed by atoms with Gasteiger partial charge in [0.05, 0.1) is 6.61 Å². The Morgan fingerprint density at radius 2 is 2.28 bits per heavy atom. The third-order valence-corrected chi connectivity index (χ3v) is 3.58. The molecule has 1 rings (SSSR count). The zero-order valence-corrected chi connectivity index (χ0v) is 11.4. The number of aliphatic hydroxyl groups is 1. The molecule has 18 heavy (non-hydrogen) atoms. The molecule has 0 heterocycles. The Morgan fingerprint density at radius 1 is 1.44 bits per heavy atom. The van der Waals surface area contributed by atoms with E-state index in [2.05, 4.69) is 5.32 Å². The van der Waals surface area contributed by atoms with E-state index in [1.807, 2.05) is 0 Å². The third kappa shape index (κ3) is 5.82. The molecule has 1 aromatic carbocycles. The summed E-state index contributed by atoms with van der Waals surface area (Å²) in [6, 6.07) is 4.83. The molecule has 0 aliphatic carbocycles. The Balaban J connectivity index is 2.53. The van der Waals surface area contributed by atoms with Gasteiger partial charge in [0, 0.05) is 37.5 Å². The number of ether oxygens (including phenoxy) is 1. The molecule has 0 amide bonds. The summed E-state index contributed by atoms with van der Waals surface area (Å²) in [4.78, 5) is 1.06. The van der Waals surface area contributed by atoms with Gasteiger partial charge in [0.2, 0.25) is 0 Å². The van der Waals surface area contributed by atoms with E-state index in [1.54, 1.807) is 31.0 Å². The van der Waals surface area contributed by atoms with Crippen molar-refractivity contribution in [2.45, 2.75) is 17.9 Å². The molecule has 0 spiro atoms. The number of hydrogen-bond acceptors (Lipinski definition) is 4. The topological polar surface area (TPSA) is 41.5 Å². The molecule has 0 atom stereocenters. The van der Waals surface area contributed by atoms with Crippen LogP contribution in [0.1, 0.15) is 12.0 Å². The van der Waals surface area contributed by atoms with E-state index in [0.29, 0.717) is 13.2 Å².